The van der Waals surface area contributed by atoms with E-state index >= 15 is 0 Å². The lowest BCUT2D eigenvalue weighted by molar-refractivity contribution is -0.158. The lowest BCUT2D eigenvalue weighted by atomic mass is 9.87. The van der Waals surface area contributed by atoms with E-state index in [1.807, 2.05) is 30.3 Å². The van der Waals surface area contributed by atoms with Crippen LogP contribution in [0, 0.1) is 0 Å². The molecule has 2 aliphatic carbocycles. The molecule has 154 valence electrons. The van der Waals surface area contributed by atoms with Crippen molar-refractivity contribution in [1.82, 2.24) is 0 Å². The minimum Gasteiger partial charge on any atom is -0.399 e. The van der Waals surface area contributed by atoms with Gasteiger partial charge in [-0.25, -0.2) is 0 Å². The first kappa shape index (κ1) is 22.2. The van der Waals surface area contributed by atoms with Gasteiger partial charge in [-0.1, -0.05) is 66.8 Å². The van der Waals surface area contributed by atoms with Crippen molar-refractivity contribution in [2.24, 2.45) is 22.2 Å². The number of benzene rings is 1. The van der Waals surface area contributed by atoms with Crippen molar-refractivity contribution < 1.29 is 13.2 Å². The van der Waals surface area contributed by atoms with Crippen molar-refractivity contribution in [1.29, 1.82) is 0 Å². The summed E-state index contributed by atoms with van der Waals surface area (Å²) in [5.74, 6) is 0.247. The summed E-state index contributed by atoms with van der Waals surface area (Å²) in [4.78, 5) is 3.85. The summed E-state index contributed by atoms with van der Waals surface area (Å²) in [5.41, 5.74) is 21.2. The Balaban J connectivity index is 0.000000360. The van der Waals surface area contributed by atoms with Crippen molar-refractivity contribution >= 4 is 11.5 Å². The van der Waals surface area contributed by atoms with Gasteiger partial charge in [-0.05, 0) is 23.3 Å². The minimum absolute atomic E-state index is 0.247. The van der Waals surface area contributed by atoms with Crippen LogP contribution in [0.5, 0.6) is 0 Å². The Morgan fingerprint density at radius 2 is 1.31 bits per heavy atom. The predicted molar refractivity (Wildman–Crippen MR) is 112 cm³/mol. The molecule has 0 radical (unpaired) electrons. The van der Waals surface area contributed by atoms with Crippen LogP contribution in [0.2, 0.25) is 0 Å². The lowest BCUT2D eigenvalue weighted by Gasteiger charge is -2.28. The number of aliphatic imine (C=N–C) groups is 1. The maximum atomic E-state index is 12.8. The van der Waals surface area contributed by atoms with Gasteiger partial charge in [0, 0.05) is 12.7 Å². The second-order valence-corrected chi connectivity index (χ2v) is 6.63. The van der Waals surface area contributed by atoms with E-state index in [2.05, 4.69) is 4.99 Å². The van der Waals surface area contributed by atoms with E-state index in [1.54, 1.807) is 24.3 Å². The Kier molecular flexibility index (Phi) is 6.51. The highest BCUT2D eigenvalue weighted by atomic mass is 19.4. The number of hydrogen-bond acceptors (Lipinski definition) is 4. The Morgan fingerprint density at radius 3 is 1.66 bits per heavy atom. The van der Waals surface area contributed by atoms with Crippen LogP contribution in [0.25, 0.3) is 0 Å². The normalized spacial score (nSPS) is 26.3. The molecule has 0 heterocycles. The largest absolute Gasteiger partial charge is 0.413 e. The second kappa shape index (κ2) is 8.50. The molecule has 0 unspecified atom stereocenters. The number of amidine groups is 1. The summed E-state index contributed by atoms with van der Waals surface area (Å²) in [6.45, 7) is 0. The Bertz CT molecular complexity index is 874. The number of hydrogen-bond donors (Lipinski definition) is 4. The van der Waals surface area contributed by atoms with Crippen molar-refractivity contribution in [2.75, 3.05) is 12.8 Å². The van der Waals surface area contributed by atoms with Gasteiger partial charge in [0.1, 0.15) is 11.4 Å². The van der Waals surface area contributed by atoms with Crippen LogP contribution >= 0.6 is 0 Å². The minimum atomic E-state index is -4.53. The predicted octanol–water partition coefficient (Wildman–Crippen LogP) is 2.75. The van der Waals surface area contributed by atoms with Crippen molar-refractivity contribution in [2.45, 2.75) is 17.3 Å². The number of halogens is 3. The Labute approximate surface area is 167 Å². The maximum absolute atomic E-state index is 12.8. The monoisotopic (exact) mass is 403 g/mol. The molecule has 0 saturated heterocycles. The van der Waals surface area contributed by atoms with Crippen molar-refractivity contribution in [3.63, 3.8) is 0 Å². The van der Waals surface area contributed by atoms with Gasteiger partial charge >= 0.3 is 6.18 Å². The maximum Gasteiger partial charge on any atom is 0.413 e. The van der Waals surface area contributed by atoms with E-state index in [1.165, 1.54) is 19.2 Å². The van der Waals surface area contributed by atoms with Gasteiger partial charge in [0.15, 0.2) is 5.54 Å². The molecule has 5 nitrogen and oxygen atoms in total. The summed E-state index contributed by atoms with van der Waals surface area (Å²) < 4.78 is 38.4. The summed E-state index contributed by atoms with van der Waals surface area (Å²) in [6, 6.07) is 9.49. The molecular formula is C21H24F3N5. The SMILES string of the molecule is CN=C(N)C1(N)C=CC(=C2C=CC(N)(C(F)(F)F)C=C2)C=C1.Nc1ccccc1. The van der Waals surface area contributed by atoms with Crippen LogP contribution in [-0.2, 0) is 0 Å². The molecule has 0 atom stereocenters. The van der Waals surface area contributed by atoms with Crippen LogP contribution in [0.4, 0.5) is 18.9 Å². The highest BCUT2D eigenvalue weighted by Crippen LogP contribution is 2.34. The summed E-state index contributed by atoms with van der Waals surface area (Å²) in [6.07, 6.45) is 6.70. The summed E-state index contributed by atoms with van der Waals surface area (Å²) in [7, 11) is 1.53. The van der Waals surface area contributed by atoms with E-state index in [0.717, 1.165) is 17.8 Å². The van der Waals surface area contributed by atoms with E-state index in [9.17, 15) is 13.2 Å². The van der Waals surface area contributed by atoms with E-state index in [4.69, 9.17) is 22.9 Å². The fourth-order valence-corrected chi connectivity index (χ4v) is 2.52. The van der Waals surface area contributed by atoms with Crippen LogP contribution in [0.1, 0.15) is 0 Å². The standard InChI is InChI=1S/C15H17F3N4.C6H7N/c1-22-12(19)13(20)6-2-10(3-7-13)11-4-8-14(21,9-5-11)15(16,17)18;7-6-4-2-1-3-5-6/h2-9H,20-21H2,1H3,(H2,19,22);1-5H,7H2. The number of nitrogen functional groups attached to an aromatic ring is 1. The fraction of sp³-hybridized carbons (Fsp3) is 0.190. The molecule has 0 spiro atoms. The van der Waals surface area contributed by atoms with Gasteiger partial charge in [-0.15, -0.1) is 0 Å². The zero-order valence-corrected chi connectivity index (χ0v) is 15.9. The highest BCUT2D eigenvalue weighted by molar-refractivity contribution is 5.94. The average Bonchev–Trinajstić information content (AvgIpc) is 2.69. The topological polar surface area (TPSA) is 116 Å². The third-order valence-corrected chi connectivity index (χ3v) is 4.46. The van der Waals surface area contributed by atoms with Crippen molar-refractivity contribution in [3.8, 4) is 0 Å². The first-order chi connectivity index (χ1) is 13.5. The van der Waals surface area contributed by atoms with E-state index in [0.29, 0.717) is 11.1 Å². The first-order valence-corrected chi connectivity index (χ1v) is 8.70. The van der Waals surface area contributed by atoms with Crippen LogP contribution < -0.4 is 22.9 Å². The first-order valence-electron chi connectivity index (χ1n) is 8.70. The number of para-hydroxylation sites is 1. The highest BCUT2D eigenvalue weighted by Gasteiger charge is 2.49. The molecule has 2 aliphatic rings. The molecule has 0 fully saturated rings. The zero-order chi connectivity index (χ0) is 21.7. The summed E-state index contributed by atoms with van der Waals surface area (Å²) >= 11 is 0. The molecule has 0 amide bonds. The van der Waals surface area contributed by atoms with Crippen LogP contribution in [0.15, 0.2) is 95.1 Å². The molecule has 1 aromatic rings. The number of nitrogens with zero attached hydrogens (tertiary/aromatic N) is 1. The molecule has 0 aliphatic heterocycles. The Morgan fingerprint density at radius 1 is 0.862 bits per heavy atom. The number of nitrogens with two attached hydrogens (primary N) is 4. The van der Waals surface area contributed by atoms with Gasteiger partial charge in [0.05, 0.1) is 0 Å². The molecule has 8 N–H and O–H groups in total. The third kappa shape index (κ3) is 5.24. The van der Waals surface area contributed by atoms with Crippen molar-refractivity contribution in [3.05, 3.63) is 90.1 Å². The van der Waals surface area contributed by atoms with E-state index in [-0.39, 0.29) is 5.84 Å². The molecule has 0 bridgehead atoms. The van der Waals surface area contributed by atoms with Gasteiger partial charge in [-0.2, -0.15) is 13.2 Å². The molecular weight excluding hydrogens is 379 g/mol. The molecule has 8 heteroatoms. The van der Waals surface area contributed by atoms with Gasteiger partial charge in [0.25, 0.3) is 0 Å². The molecule has 0 saturated carbocycles. The molecule has 29 heavy (non-hydrogen) atoms. The summed E-state index contributed by atoms with van der Waals surface area (Å²) in [5, 5.41) is 0. The molecule has 3 rings (SSSR count). The van der Waals surface area contributed by atoms with Crippen LogP contribution in [0.3, 0.4) is 0 Å². The van der Waals surface area contributed by atoms with Gasteiger partial charge in [-0.3, -0.25) is 4.99 Å². The zero-order valence-electron chi connectivity index (χ0n) is 15.9. The number of anilines is 1. The van der Waals surface area contributed by atoms with Gasteiger partial charge in [0.2, 0.25) is 0 Å². The fourth-order valence-electron chi connectivity index (χ4n) is 2.52. The Hall–Kier alpha value is -3.10. The number of allylic oxidation sites excluding steroid dienone is 6. The average molecular weight is 403 g/mol. The smallest absolute Gasteiger partial charge is 0.399 e. The van der Waals surface area contributed by atoms with Gasteiger partial charge < -0.3 is 22.9 Å². The van der Waals surface area contributed by atoms with E-state index < -0.39 is 17.3 Å². The molecule has 1 aromatic carbocycles. The lowest BCUT2D eigenvalue weighted by Crippen LogP contribution is -2.50. The van der Waals surface area contributed by atoms with Crippen LogP contribution in [-0.4, -0.2) is 30.1 Å². The number of rotatable bonds is 1. The molecule has 0 aromatic heterocycles. The second-order valence-electron chi connectivity index (χ2n) is 6.63. The quantitative estimate of drug-likeness (QED) is 0.328. The third-order valence-electron chi connectivity index (χ3n) is 4.46. The number of alkyl halides is 3.